The third kappa shape index (κ3) is 2.20. The Morgan fingerprint density at radius 1 is 1.07 bits per heavy atom. The van der Waals surface area contributed by atoms with Crippen molar-refractivity contribution >= 4 is 11.8 Å². The summed E-state index contributed by atoms with van der Waals surface area (Å²) in [6, 6.07) is 0. The fraction of sp³-hybridized carbons (Fsp3) is 0.818. The minimum atomic E-state index is -0.312. The lowest BCUT2D eigenvalue weighted by molar-refractivity contribution is -0.139. The maximum Gasteiger partial charge on any atom is 0.229 e. The lowest BCUT2D eigenvalue weighted by Crippen LogP contribution is -2.52. The van der Waals surface area contributed by atoms with Crippen LogP contribution < -0.4 is 5.73 Å². The zero-order chi connectivity index (χ0) is 10.9. The van der Waals surface area contributed by atoms with Crippen LogP contribution in [0.3, 0.4) is 0 Å². The van der Waals surface area contributed by atoms with Crippen molar-refractivity contribution in [3.05, 3.63) is 0 Å². The van der Waals surface area contributed by atoms with Crippen LogP contribution in [0, 0.1) is 0 Å². The molecule has 0 aromatic heterocycles. The lowest BCUT2D eigenvalue weighted by atomic mass is 9.82. The van der Waals surface area contributed by atoms with Gasteiger partial charge in [-0.05, 0) is 12.8 Å². The SMILES string of the molecule is NC1(CN2C(=O)CCC2=O)CCCCC1. The Bertz CT molecular complexity index is 266. The van der Waals surface area contributed by atoms with Gasteiger partial charge in [0.15, 0.2) is 0 Å². The first kappa shape index (κ1) is 10.6. The second-order valence-electron chi connectivity index (χ2n) is 4.80. The molecule has 0 unspecified atom stereocenters. The molecule has 2 rings (SSSR count). The summed E-state index contributed by atoms with van der Waals surface area (Å²) in [4.78, 5) is 24.3. The van der Waals surface area contributed by atoms with E-state index in [0.29, 0.717) is 19.4 Å². The van der Waals surface area contributed by atoms with Gasteiger partial charge in [0.2, 0.25) is 11.8 Å². The number of amides is 2. The Labute approximate surface area is 89.8 Å². The molecule has 0 spiro atoms. The highest BCUT2D eigenvalue weighted by atomic mass is 16.2. The van der Waals surface area contributed by atoms with E-state index >= 15 is 0 Å². The van der Waals surface area contributed by atoms with Crippen molar-refractivity contribution in [1.82, 2.24) is 4.90 Å². The highest BCUT2D eigenvalue weighted by Crippen LogP contribution is 2.28. The van der Waals surface area contributed by atoms with Gasteiger partial charge in [0.1, 0.15) is 0 Å². The van der Waals surface area contributed by atoms with Crippen molar-refractivity contribution in [3.63, 3.8) is 0 Å². The Balaban J connectivity index is 2.00. The lowest BCUT2D eigenvalue weighted by Gasteiger charge is -2.36. The second-order valence-corrected chi connectivity index (χ2v) is 4.80. The van der Waals surface area contributed by atoms with E-state index in [4.69, 9.17) is 5.73 Å². The third-order valence-corrected chi connectivity index (χ3v) is 3.48. The van der Waals surface area contributed by atoms with Gasteiger partial charge in [-0.1, -0.05) is 19.3 Å². The number of imide groups is 1. The Morgan fingerprint density at radius 2 is 1.60 bits per heavy atom. The largest absolute Gasteiger partial charge is 0.324 e. The molecule has 0 aromatic carbocycles. The predicted molar refractivity (Wildman–Crippen MR) is 56.0 cm³/mol. The molecule has 0 bridgehead atoms. The Kier molecular flexibility index (Phi) is 2.78. The predicted octanol–water partition coefficient (Wildman–Crippen LogP) is 0.797. The summed E-state index contributed by atoms with van der Waals surface area (Å²) >= 11 is 0. The number of nitrogens with zero attached hydrogens (tertiary/aromatic N) is 1. The number of carbonyl (C=O) groups excluding carboxylic acids is 2. The highest BCUT2D eigenvalue weighted by Gasteiger charge is 2.36. The summed E-state index contributed by atoms with van der Waals surface area (Å²) in [5.41, 5.74) is 5.91. The fourth-order valence-corrected chi connectivity index (χ4v) is 2.53. The van der Waals surface area contributed by atoms with Crippen molar-refractivity contribution in [1.29, 1.82) is 0 Å². The molecule has 1 saturated heterocycles. The second kappa shape index (κ2) is 3.93. The van der Waals surface area contributed by atoms with E-state index in [1.165, 1.54) is 11.3 Å². The average molecular weight is 210 g/mol. The van der Waals surface area contributed by atoms with Crippen molar-refractivity contribution in [3.8, 4) is 0 Å². The molecule has 1 saturated carbocycles. The zero-order valence-corrected chi connectivity index (χ0v) is 9.00. The van der Waals surface area contributed by atoms with Gasteiger partial charge in [0.05, 0.1) is 0 Å². The van der Waals surface area contributed by atoms with E-state index < -0.39 is 0 Å². The van der Waals surface area contributed by atoms with Crippen molar-refractivity contribution < 1.29 is 9.59 Å². The fourth-order valence-electron chi connectivity index (χ4n) is 2.53. The van der Waals surface area contributed by atoms with E-state index in [2.05, 4.69) is 0 Å². The molecule has 1 heterocycles. The number of nitrogens with two attached hydrogens (primary N) is 1. The minimum Gasteiger partial charge on any atom is -0.324 e. The van der Waals surface area contributed by atoms with Gasteiger partial charge in [-0.15, -0.1) is 0 Å². The van der Waals surface area contributed by atoms with E-state index in [9.17, 15) is 9.59 Å². The smallest absolute Gasteiger partial charge is 0.229 e. The van der Waals surface area contributed by atoms with Crippen molar-refractivity contribution in [2.24, 2.45) is 5.73 Å². The minimum absolute atomic E-state index is 0.0459. The summed E-state index contributed by atoms with van der Waals surface area (Å²) in [5, 5.41) is 0. The Hall–Kier alpha value is -0.900. The molecule has 2 fully saturated rings. The topological polar surface area (TPSA) is 63.4 Å². The van der Waals surface area contributed by atoms with Crippen molar-refractivity contribution in [2.45, 2.75) is 50.5 Å². The number of rotatable bonds is 2. The molecule has 2 N–H and O–H groups in total. The summed E-state index contributed by atoms with van der Waals surface area (Å²) in [5.74, 6) is -0.0919. The van der Waals surface area contributed by atoms with Crippen LogP contribution in [0.25, 0.3) is 0 Å². The zero-order valence-electron chi connectivity index (χ0n) is 9.00. The molecule has 0 radical (unpaired) electrons. The molecule has 2 amide bonds. The van der Waals surface area contributed by atoms with Crippen molar-refractivity contribution in [2.75, 3.05) is 6.54 Å². The van der Waals surface area contributed by atoms with Crippen LogP contribution in [0.2, 0.25) is 0 Å². The van der Waals surface area contributed by atoms with Gasteiger partial charge in [0, 0.05) is 24.9 Å². The number of likely N-dealkylation sites (tertiary alicyclic amines) is 1. The van der Waals surface area contributed by atoms with Crippen LogP contribution in [0.4, 0.5) is 0 Å². The van der Waals surface area contributed by atoms with Crippen LogP contribution >= 0.6 is 0 Å². The van der Waals surface area contributed by atoms with Gasteiger partial charge in [-0.25, -0.2) is 0 Å². The van der Waals surface area contributed by atoms with E-state index in [0.717, 1.165) is 25.7 Å². The maximum atomic E-state index is 11.5. The van der Waals surface area contributed by atoms with Gasteiger partial charge in [-0.2, -0.15) is 0 Å². The Morgan fingerprint density at radius 3 is 2.13 bits per heavy atom. The van der Waals surface area contributed by atoms with Crippen LogP contribution in [0.1, 0.15) is 44.9 Å². The number of hydrogen-bond donors (Lipinski definition) is 1. The standard InChI is InChI=1S/C11H18N2O2/c12-11(6-2-1-3-7-11)8-13-9(14)4-5-10(13)15/h1-8,12H2. The summed E-state index contributed by atoms with van der Waals surface area (Å²) in [6.07, 6.45) is 6.07. The molecule has 0 aromatic rings. The first-order chi connectivity index (χ1) is 7.11. The molecule has 1 aliphatic heterocycles. The molecule has 1 aliphatic carbocycles. The van der Waals surface area contributed by atoms with Gasteiger partial charge in [0.25, 0.3) is 0 Å². The highest BCUT2D eigenvalue weighted by molar-refractivity contribution is 6.02. The molecule has 4 nitrogen and oxygen atoms in total. The van der Waals surface area contributed by atoms with Gasteiger partial charge in [-0.3, -0.25) is 14.5 Å². The normalized spacial score (nSPS) is 26.1. The number of hydrogen-bond acceptors (Lipinski definition) is 3. The van der Waals surface area contributed by atoms with E-state index in [1.807, 2.05) is 0 Å². The summed E-state index contributed by atoms with van der Waals surface area (Å²) in [7, 11) is 0. The third-order valence-electron chi connectivity index (χ3n) is 3.48. The average Bonchev–Trinajstić information content (AvgIpc) is 2.50. The summed E-state index contributed by atoms with van der Waals surface area (Å²) < 4.78 is 0. The first-order valence-corrected chi connectivity index (χ1v) is 5.73. The quantitative estimate of drug-likeness (QED) is 0.685. The number of carbonyl (C=O) groups is 2. The molecule has 0 atom stereocenters. The van der Waals surface area contributed by atoms with Gasteiger partial charge < -0.3 is 5.73 Å². The molecular weight excluding hydrogens is 192 g/mol. The molecule has 2 aliphatic rings. The van der Waals surface area contributed by atoms with Gasteiger partial charge >= 0.3 is 0 Å². The molecular formula is C11H18N2O2. The maximum absolute atomic E-state index is 11.5. The summed E-state index contributed by atoms with van der Waals surface area (Å²) in [6.45, 7) is 0.435. The molecule has 15 heavy (non-hydrogen) atoms. The molecule has 4 heteroatoms. The van der Waals surface area contributed by atoms with E-state index in [-0.39, 0.29) is 17.4 Å². The first-order valence-electron chi connectivity index (χ1n) is 5.73. The van der Waals surface area contributed by atoms with Crippen LogP contribution in [0.15, 0.2) is 0 Å². The van der Waals surface area contributed by atoms with Crippen LogP contribution in [0.5, 0.6) is 0 Å². The van der Waals surface area contributed by atoms with Crippen LogP contribution in [-0.4, -0.2) is 28.8 Å². The molecule has 84 valence electrons. The van der Waals surface area contributed by atoms with Crippen LogP contribution in [-0.2, 0) is 9.59 Å². The monoisotopic (exact) mass is 210 g/mol. The van der Waals surface area contributed by atoms with E-state index in [1.54, 1.807) is 0 Å².